The first kappa shape index (κ1) is 37.2. The molecule has 10 heteroatoms. The quantitative estimate of drug-likeness (QED) is 0.0886. The standard InChI is InChI=1S/C41H58N4O6/c46-35-18-16-33(34-17-19-38(48)43-40(34)35)36(47)27-42-22-9-4-2-1-3-5-10-25-50-32-15-11-14-31(26-32)39(30-12-7-6-8-13-30)44-41(49)51-37-28-45-23-20-29(37)21-24-45/h11,14-19,26,29-30,36-37,39,42,46-47H,1-10,12-13,20-25,27-28H2,(H,43,48)(H,44,49)/t36-,37+,39?/m1/s1. The number of phenolic OH excluding ortho intramolecular Hbond substituents is 1. The number of H-pyrrole nitrogens is 1. The zero-order valence-electron chi connectivity index (χ0n) is 30.1. The van der Waals surface area contributed by atoms with Crippen molar-refractivity contribution >= 4 is 17.0 Å². The molecule has 4 fully saturated rings. The molecule has 3 saturated heterocycles. The predicted octanol–water partition coefficient (Wildman–Crippen LogP) is 7.11. The molecule has 3 atom stereocenters. The minimum Gasteiger partial charge on any atom is -0.506 e. The molecular formula is C41H58N4O6. The second kappa shape index (κ2) is 18.8. The summed E-state index contributed by atoms with van der Waals surface area (Å²) in [7, 11) is 0. The maximum Gasteiger partial charge on any atom is 0.407 e. The molecule has 1 aromatic heterocycles. The number of hydrogen-bond acceptors (Lipinski definition) is 8. The fraction of sp³-hybridized carbons (Fsp3) is 0.610. The number of aromatic nitrogens is 1. The summed E-state index contributed by atoms with van der Waals surface area (Å²) in [6.07, 6.45) is 15.1. The summed E-state index contributed by atoms with van der Waals surface area (Å²) >= 11 is 0. The number of alkyl carbamates (subject to hydrolysis) is 1. The highest BCUT2D eigenvalue weighted by molar-refractivity contribution is 5.87. The van der Waals surface area contributed by atoms with E-state index in [0.29, 0.717) is 41.5 Å². The number of aromatic amines is 1. The van der Waals surface area contributed by atoms with Gasteiger partial charge >= 0.3 is 6.09 Å². The van der Waals surface area contributed by atoms with Crippen molar-refractivity contribution in [2.75, 3.05) is 39.3 Å². The number of phenols is 1. The number of benzene rings is 2. The molecule has 1 unspecified atom stereocenters. The van der Waals surface area contributed by atoms with Crippen molar-refractivity contribution in [3.8, 4) is 11.5 Å². The number of aliphatic hydroxyl groups excluding tert-OH is 1. The lowest BCUT2D eigenvalue weighted by molar-refractivity contribution is -0.0346. The Morgan fingerprint density at radius 1 is 0.922 bits per heavy atom. The van der Waals surface area contributed by atoms with Gasteiger partial charge in [0.15, 0.2) is 0 Å². The Morgan fingerprint density at radius 3 is 2.45 bits per heavy atom. The van der Waals surface area contributed by atoms with Gasteiger partial charge in [-0.1, -0.05) is 69.6 Å². The van der Waals surface area contributed by atoms with Crippen LogP contribution in [0.5, 0.6) is 11.5 Å². The largest absolute Gasteiger partial charge is 0.506 e. The lowest BCUT2D eigenvalue weighted by Gasteiger charge is -2.44. The van der Waals surface area contributed by atoms with Crippen molar-refractivity contribution in [1.29, 1.82) is 0 Å². The summed E-state index contributed by atoms with van der Waals surface area (Å²) in [6, 6.07) is 14.5. The lowest BCUT2D eigenvalue weighted by Crippen LogP contribution is -2.53. The predicted molar refractivity (Wildman–Crippen MR) is 200 cm³/mol. The summed E-state index contributed by atoms with van der Waals surface area (Å²) in [6.45, 7) is 5.05. The van der Waals surface area contributed by atoms with Crippen LogP contribution in [0.25, 0.3) is 10.9 Å². The number of pyridine rings is 1. The summed E-state index contributed by atoms with van der Waals surface area (Å²) in [5, 5.41) is 28.1. The minimum absolute atomic E-state index is 0.00378. The monoisotopic (exact) mass is 702 g/mol. The lowest BCUT2D eigenvalue weighted by atomic mass is 9.81. The van der Waals surface area contributed by atoms with Crippen LogP contribution in [-0.2, 0) is 4.74 Å². The van der Waals surface area contributed by atoms with E-state index in [-0.39, 0.29) is 29.5 Å². The van der Waals surface area contributed by atoms with Crippen LogP contribution in [0.1, 0.15) is 113 Å². The number of ether oxygens (including phenoxy) is 2. The molecule has 3 aromatic rings. The Hall–Kier alpha value is -3.60. The third-order valence-electron chi connectivity index (χ3n) is 11.3. The SMILES string of the molecule is O=C(NC(c1cccc(OCCCCCCCCCNC[C@@H](O)c2ccc(O)c3[nH]c(=O)ccc23)c1)C1CCCCC1)O[C@H]1CN2CCC1CC2. The van der Waals surface area contributed by atoms with Crippen molar-refractivity contribution in [3.05, 3.63) is 70.0 Å². The average molecular weight is 703 g/mol. The van der Waals surface area contributed by atoms with Gasteiger partial charge in [0.05, 0.1) is 24.3 Å². The van der Waals surface area contributed by atoms with Crippen molar-refractivity contribution in [2.24, 2.45) is 11.8 Å². The maximum atomic E-state index is 13.2. The molecule has 3 aliphatic heterocycles. The van der Waals surface area contributed by atoms with Gasteiger partial charge in [-0.05, 0) is 105 Å². The summed E-state index contributed by atoms with van der Waals surface area (Å²) in [5.41, 5.74) is 1.86. The van der Waals surface area contributed by atoms with Crippen LogP contribution < -0.4 is 20.9 Å². The fourth-order valence-corrected chi connectivity index (χ4v) is 8.41. The molecule has 1 saturated carbocycles. The molecule has 0 radical (unpaired) electrons. The summed E-state index contributed by atoms with van der Waals surface area (Å²) < 4.78 is 12.2. The van der Waals surface area contributed by atoms with E-state index in [9.17, 15) is 19.8 Å². The minimum atomic E-state index is -0.734. The van der Waals surface area contributed by atoms with Gasteiger partial charge in [-0.15, -0.1) is 0 Å². The zero-order chi connectivity index (χ0) is 35.4. The van der Waals surface area contributed by atoms with Crippen LogP contribution in [0, 0.1) is 11.8 Å². The van der Waals surface area contributed by atoms with Gasteiger partial charge in [-0.2, -0.15) is 0 Å². The number of aliphatic hydroxyl groups is 1. The van der Waals surface area contributed by atoms with Crippen molar-refractivity contribution in [2.45, 2.75) is 108 Å². The van der Waals surface area contributed by atoms with E-state index in [0.717, 1.165) is 88.9 Å². The van der Waals surface area contributed by atoms with Crippen molar-refractivity contribution < 1.29 is 24.5 Å². The first-order chi connectivity index (χ1) is 24.9. The molecule has 4 heterocycles. The molecule has 278 valence electrons. The molecular weight excluding hydrogens is 644 g/mol. The molecule has 1 aliphatic carbocycles. The number of carbonyl (C=O) groups is 1. The number of hydrogen-bond donors (Lipinski definition) is 5. The molecule has 1 amide bonds. The number of unbranched alkanes of at least 4 members (excludes halogenated alkanes) is 6. The number of amides is 1. The topological polar surface area (TPSA) is 136 Å². The third-order valence-corrected chi connectivity index (χ3v) is 11.3. The Bertz CT molecular complexity index is 1600. The first-order valence-corrected chi connectivity index (χ1v) is 19.6. The van der Waals surface area contributed by atoms with E-state index in [4.69, 9.17) is 9.47 Å². The Kier molecular flexibility index (Phi) is 13.7. The highest BCUT2D eigenvalue weighted by Crippen LogP contribution is 2.36. The number of aromatic hydroxyl groups is 1. The van der Waals surface area contributed by atoms with Crippen LogP contribution in [-0.4, -0.2) is 71.6 Å². The van der Waals surface area contributed by atoms with Crippen LogP contribution in [0.3, 0.4) is 0 Å². The number of nitrogens with one attached hydrogen (secondary N) is 3. The molecule has 2 aromatic carbocycles. The van der Waals surface area contributed by atoms with Crippen LogP contribution >= 0.6 is 0 Å². The number of carbonyl (C=O) groups excluding carboxylic acids is 1. The van der Waals surface area contributed by atoms with Crippen LogP contribution in [0.15, 0.2) is 53.3 Å². The van der Waals surface area contributed by atoms with E-state index in [1.54, 1.807) is 12.1 Å². The average Bonchev–Trinajstić information content (AvgIpc) is 3.15. The zero-order valence-corrected chi connectivity index (χ0v) is 30.1. The highest BCUT2D eigenvalue weighted by Gasteiger charge is 2.37. The van der Waals surface area contributed by atoms with E-state index in [1.807, 2.05) is 6.07 Å². The first-order valence-electron chi connectivity index (χ1n) is 19.6. The van der Waals surface area contributed by atoms with Gasteiger partial charge < -0.3 is 35.3 Å². The van der Waals surface area contributed by atoms with E-state index >= 15 is 0 Å². The second-order valence-electron chi connectivity index (χ2n) is 15.0. The number of piperidine rings is 3. The molecule has 51 heavy (non-hydrogen) atoms. The Labute approximate surface area is 302 Å². The molecule has 2 bridgehead atoms. The van der Waals surface area contributed by atoms with Crippen LogP contribution in [0.4, 0.5) is 4.79 Å². The van der Waals surface area contributed by atoms with Gasteiger partial charge in [0.1, 0.15) is 17.6 Å². The fourth-order valence-electron chi connectivity index (χ4n) is 8.41. The number of nitrogens with zero attached hydrogens (tertiary/aromatic N) is 1. The smallest absolute Gasteiger partial charge is 0.407 e. The maximum absolute atomic E-state index is 13.2. The van der Waals surface area contributed by atoms with Gasteiger partial charge in [-0.25, -0.2) is 4.79 Å². The second-order valence-corrected chi connectivity index (χ2v) is 15.0. The van der Waals surface area contributed by atoms with Gasteiger partial charge in [0.25, 0.3) is 0 Å². The van der Waals surface area contributed by atoms with Crippen molar-refractivity contribution in [1.82, 2.24) is 20.5 Å². The Morgan fingerprint density at radius 2 is 1.69 bits per heavy atom. The van der Waals surface area contributed by atoms with E-state index in [2.05, 4.69) is 38.7 Å². The normalized spacial score (nSPS) is 21.7. The number of rotatable bonds is 18. The van der Waals surface area contributed by atoms with Gasteiger partial charge in [-0.3, -0.25) is 9.69 Å². The van der Waals surface area contributed by atoms with Crippen molar-refractivity contribution in [3.63, 3.8) is 0 Å². The van der Waals surface area contributed by atoms with Crippen LogP contribution in [0.2, 0.25) is 0 Å². The number of fused-ring (bicyclic) bond motifs is 4. The molecule has 4 aliphatic rings. The third kappa shape index (κ3) is 10.5. The molecule has 10 nitrogen and oxygen atoms in total. The van der Waals surface area contributed by atoms with E-state index < -0.39 is 6.10 Å². The summed E-state index contributed by atoms with van der Waals surface area (Å²) in [4.78, 5) is 29.9. The molecule has 7 rings (SSSR count). The van der Waals surface area contributed by atoms with E-state index in [1.165, 1.54) is 50.7 Å². The Balaban J connectivity index is 0.851. The van der Waals surface area contributed by atoms with Gasteiger partial charge in [0.2, 0.25) is 5.56 Å². The van der Waals surface area contributed by atoms with Gasteiger partial charge in [0, 0.05) is 24.5 Å². The molecule has 5 N–H and O–H groups in total. The highest BCUT2D eigenvalue weighted by atomic mass is 16.6. The summed E-state index contributed by atoms with van der Waals surface area (Å²) in [5.74, 6) is 1.77. The molecule has 0 spiro atoms.